The van der Waals surface area contributed by atoms with Gasteiger partial charge in [0, 0.05) is 11.4 Å². The molecule has 1 atom stereocenters. The summed E-state index contributed by atoms with van der Waals surface area (Å²) in [6, 6.07) is 3.88. The van der Waals surface area contributed by atoms with Crippen molar-refractivity contribution >= 4 is 11.3 Å². The standard InChI is InChI=1S/C12H18N4OS/c1-4-8-5-6-10(18-8)12-14-11(15-17-12)9(13)7-16(2)3/h5-6,9H,4,7,13H2,1-3H3. The molecular formula is C12H18N4OS. The summed E-state index contributed by atoms with van der Waals surface area (Å²) in [5.74, 6) is 1.12. The van der Waals surface area contributed by atoms with Gasteiger partial charge in [0.2, 0.25) is 0 Å². The maximum Gasteiger partial charge on any atom is 0.268 e. The second-order valence-electron chi connectivity index (χ2n) is 4.45. The van der Waals surface area contributed by atoms with E-state index < -0.39 is 0 Å². The Balaban J connectivity index is 2.14. The monoisotopic (exact) mass is 266 g/mol. The second kappa shape index (κ2) is 5.60. The predicted molar refractivity (Wildman–Crippen MR) is 72.5 cm³/mol. The number of nitrogens with zero attached hydrogens (tertiary/aromatic N) is 3. The molecule has 0 radical (unpaired) electrons. The Morgan fingerprint density at radius 1 is 1.44 bits per heavy atom. The van der Waals surface area contributed by atoms with Crippen LogP contribution in [0.25, 0.3) is 10.8 Å². The average molecular weight is 266 g/mol. The Hall–Kier alpha value is -1.24. The van der Waals surface area contributed by atoms with Crippen molar-refractivity contribution in [1.29, 1.82) is 0 Å². The van der Waals surface area contributed by atoms with Gasteiger partial charge in [-0.25, -0.2) is 0 Å². The highest BCUT2D eigenvalue weighted by Crippen LogP contribution is 2.27. The first-order valence-corrected chi connectivity index (χ1v) is 6.74. The minimum atomic E-state index is -0.219. The van der Waals surface area contributed by atoms with Gasteiger partial charge in [0.05, 0.1) is 10.9 Å². The molecule has 18 heavy (non-hydrogen) atoms. The van der Waals surface area contributed by atoms with Gasteiger partial charge >= 0.3 is 0 Å². The highest BCUT2D eigenvalue weighted by Gasteiger charge is 2.16. The van der Waals surface area contributed by atoms with Gasteiger partial charge in [-0.15, -0.1) is 11.3 Å². The third kappa shape index (κ3) is 2.95. The Morgan fingerprint density at radius 3 is 2.83 bits per heavy atom. The summed E-state index contributed by atoms with van der Waals surface area (Å²) in [6.07, 6.45) is 1.02. The van der Waals surface area contributed by atoms with Crippen molar-refractivity contribution in [1.82, 2.24) is 15.0 Å². The molecule has 0 aliphatic rings. The first kappa shape index (κ1) is 13.2. The van der Waals surface area contributed by atoms with Gasteiger partial charge in [0.1, 0.15) is 0 Å². The largest absolute Gasteiger partial charge is 0.333 e. The Bertz CT molecular complexity index is 506. The number of likely N-dealkylation sites (N-methyl/N-ethyl adjacent to an activating group) is 1. The van der Waals surface area contributed by atoms with Crippen molar-refractivity contribution in [3.05, 3.63) is 22.8 Å². The molecule has 98 valence electrons. The highest BCUT2D eigenvalue weighted by molar-refractivity contribution is 7.15. The molecule has 1 unspecified atom stereocenters. The van der Waals surface area contributed by atoms with E-state index in [4.69, 9.17) is 10.3 Å². The fraction of sp³-hybridized carbons (Fsp3) is 0.500. The van der Waals surface area contributed by atoms with E-state index in [-0.39, 0.29) is 6.04 Å². The molecule has 2 N–H and O–H groups in total. The number of aromatic nitrogens is 2. The van der Waals surface area contributed by atoms with Gasteiger partial charge < -0.3 is 15.2 Å². The molecule has 2 rings (SSSR count). The van der Waals surface area contributed by atoms with Gasteiger partial charge in [-0.3, -0.25) is 0 Å². The lowest BCUT2D eigenvalue weighted by Gasteiger charge is -2.12. The first-order valence-electron chi connectivity index (χ1n) is 5.93. The van der Waals surface area contributed by atoms with Crippen LogP contribution in [0.15, 0.2) is 16.7 Å². The van der Waals surface area contributed by atoms with E-state index in [9.17, 15) is 0 Å². The highest BCUT2D eigenvalue weighted by atomic mass is 32.1. The summed E-state index contributed by atoms with van der Waals surface area (Å²) in [5.41, 5.74) is 6.00. The lowest BCUT2D eigenvalue weighted by molar-refractivity contribution is 0.357. The minimum absolute atomic E-state index is 0.219. The zero-order valence-electron chi connectivity index (χ0n) is 10.9. The van der Waals surface area contributed by atoms with Crippen LogP contribution in [0.2, 0.25) is 0 Å². The van der Waals surface area contributed by atoms with E-state index >= 15 is 0 Å². The Morgan fingerprint density at radius 2 is 2.22 bits per heavy atom. The summed E-state index contributed by atoms with van der Waals surface area (Å²) in [6.45, 7) is 2.82. The molecule has 0 saturated carbocycles. The van der Waals surface area contributed by atoms with Crippen molar-refractivity contribution in [2.75, 3.05) is 20.6 Å². The lowest BCUT2D eigenvalue weighted by Crippen LogP contribution is -2.26. The average Bonchev–Trinajstić information content (AvgIpc) is 2.96. The molecule has 0 aromatic carbocycles. The van der Waals surface area contributed by atoms with Gasteiger partial charge in [-0.2, -0.15) is 4.98 Å². The van der Waals surface area contributed by atoms with Crippen molar-refractivity contribution in [3.8, 4) is 10.8 Å². The SMILES string of the molecule is CCc1ccc(-c2nc(C(N)CN(C)C)no2)s1. The maximum absolute atomic E-state index is 6.00. The molecule has 2 aromatic rings. The van der Waals surface area contributed by atoms with Crippen molar-refractivity contribution in [3.63, 3.8) is 0 Å². The van der Waals surface area contributed by atoms with Crippen LogP contribution in [0.1, 0.15) is 23.7 Å². The summed E-state index contributed by atoms with van der Waals surface area (Å²) < 4.78 is 5.26. The summed E-state index contributed by atoms with van der Waals surface area (Å²) in [4.78, 5) is 8.67. The normalized spacial score (nSPS) is 13.2. The summed E-state index contributed by atoms with van der Waals surface area (Å²) in [7, 11) is 3.93. The van der Waals surface area contributed by atoms with Crippen LogP contribution in [0.4, 0.5) is 0 Å². The Labute approximate surface area is 111 Å². The molecule has 2 heterocycles. The van der Waals surface area contributed by atoms with Gasteiger partial charge in [-0.1, -0.05) is 12.1 Å². The van der Waals surface area contributed by atoms with E-state index in [0.29, 0.717) is 18.3 Å². The number of aryl methyl sites for hydroxylation is 1. The molecule has 0 aliphatic heterocycles. The fourth-order valence-electron chi connectivity index (χ4n) is 1.64. The quantitative estimate of drug-likeness (QED) is 0.895. The number of thiophene rings is 1. The van der Waals surface area contributed by atoms with Crippen LogP contribution < -0.4 is 5.73 Å². The van der Waals surface area contributed by atoms with Crippen LogP contribution in [0.5, 0.6) is 0 Å². The zero-order valence-corrected chi connectivity index (χ0v) is 11.7. The molecule has 0 bridgehead atoms. The van der Waals surface area contributed by atoms with E-state index in [0.717, 1.165) is 11.3 Å². The number of hydrogen-bond donors (Lipinski definition) is 1. The third-order valence-corrected chi connectivity index (χ3v) is 3.77. The summed E-state index contributed by atoms with van der Waals surface area (Å²) in [5, 5.41) is 3.95. The molecule has 0 amide bonds. The third-order valence-electron chi connectivity index (χ3n) is 2.56. The van der Waals surface area contributed by atoms with Crippen LogP contribution in [-0.4, -0.2) is 35.7 Å². The second-order valence-corrected chi connectivity index (χ2v) is 5.61. The van der Waals surface area contributed by atoms with Crippen molar-refractivity contribution in [2.45, 2.75) is 19.4 Å². The van der Waals surface area contributed by atoms with Gasteiger partial charge in [0.25, 0.3) is 5.89 Å². The van der Waals surface area contributed by atoms with Gasteiger partial charge in [-0.05, 0) is 32.6 Å². The van der Waals surface area contributed by atoms with Crippen LogP contribution >= 0.6 is 11.3 Å². The molecule has 5 nitrogen and oxygen atoms in total. The van der Waals surface area contributed by atoms with E-state index in [1.54, 1.807) is 11.3 Å². The van der Waals surface area contributed by atoms with E-state index in [1.165, 1.54) is 4.88 Å². The first-order chi connectivity index (χ1) is 8.60. The molecule has 0 spiro atoms. The molecule has 6 heteroatoms. The Kier molecular flexibility index (Phi) is 4.11. The molecule has 2 aromatic heterocycles. The summed E-state index contributed by atoms with van der Waals surface area (Å²) >= 11 is 1.68. The van der Waals surface area contributed by atoms with E-state index in [2.05, 4.69) is 23.1 Å². The van der Waals surface area contributed by atoms with Crippen molar-refractivity contribution in [2.24, 2.45) is 5.73 Å². The van der Waals surface area contributed by atoms with Crippen LogP contribution in [-0.2, 0) is 6.42 Å². The number of rotatable bonds is 5. The van der Waals surface area contributed by atoms with Crippen LogP contribution in [0, 0.1) is 0 Å². The molecule has 0 aliphatic carbocycles. The van der Waals surface area contributed by atoms with E-state index in [1.807, 2.05) is 25.1 Å². The number of hydrogen-bond acceptors (Lipinski definition) is 6. The van der Waals surface area contributed by atoms with Gasteiger partial charge in [0.15, 0.2) is 5.82 Å². The topological polar surface area (TPSA) is 68.2 Å². The van der Waals surface area contributed by atoms with Crippen LogP contribution in [0.3, 0.4) is 0 Å². The smallest absolute Gasteiger partial charge is 0.268 e. The molecular weight excluding hydrogens is 248 g/mol. The number of nitrogens with two attached hydrogens (primary N) is 1. The lowest BCUT2D eigenvalue weighted by atomic mass is 10.3. The molecule has 0 saturated heterocycles. The zero-order chi connectivity index (χ0) is 13.1. The molecule has 0 fully saturated rings. The maximum atomic E-state index is 6.00. The minimum Gasteiger partial charge on any atom is -0.333 e. The predicted octanol–water partition coefficient (Wildman–Crippen LogP) is 1.92. The fourth-order valence-corrected chi connectivity index (χ4v) is 2.51. The van der Waals surface area contributed by atoms with Crippen molar-refractivity contribution < 1.29 is 4.52 Å².